The van der Waals surface area contributed by atoms with Gasteiger partial charge in [0.2, 0.25) is 0 Å². The largest absolute Gasteiger partial charge is 1.00 e. The van der Waals surface area contributed by atoms with Crippen molar-refractivity contribution in [2.75, 3.05) is 0 Å². The Morgan fingerprint density at radius 3 is 1.35 bits per heavy atom. The maximum Gasteiger partial charge on any atom is 1.00 e. The van der Waals surface area contributed by atoms with Crippen molar-refractivity contribution in [3.8, 4) is 59.9 Å². The fourth-order valence-electron chi connectivity index (χ4n) is 7.53. The molecule has 0 saturated carbocycles. The summed E-state index contributed by atoms with van der Waals surface area (Å²) in [5.74, 6) is 0. The first-order chi connectivity index (χ1) is 26.7. The van der Waals surface area contributed by atoms with Crippen molar-refractivity contribution in [2.24, 2.45) is 0 Å². The molecule has 0 fully saturated rings. The minimum atomic E-state index is 0. The SMILES string of the molecule is [Cs+].c1csc(-c2ccc(-c3ccc(-c4ccc5c(c4)[n-]c4c5ccc5c4ccc4c6ccc(-c7ccc(-c8ccc(-c9cccs9)s8)s7)cc6sc45)s3)s2)c1. The fourth-order valence-corrected chi connectivity index (χ4v) is 14.7. The van der Waals surface area contributed by atoms with Gasteiger partial charge in [-0.3, -0.25) is 0 Å². The number of aromatic nitrogens is 1. The molecule has 0 radical (unpaired) electrons. The van der Waals surface area contributed by atoms with Gasteiger partial charge < -0.3 is 4.98 Å². The Morgan fingerprint density at radius 1 is 0.345 bits per heavy atom. The van der Waals surface area contributed by atoms with Crippen LogP contribution in [0.3, 0.4) is 0 Å². The predicted molar refractivity (Wildman–Crippen MR) is 245 cm³/mol. The molecule has 0 aliphatic heterocycles. The number of rotatable bonds is 6. The molecular formula is C46H24CsNS7. The summed E-state index contributed by atoms with van der Waals surface area (Å²) in [5, 5.41) is 11.9. The van der Waals surface area contributed by atoms with Crippen LogP contribution >= 0.6 is 79.4 Å². The zero-order valence-corrected chi connectivity index (χ0v) is 41.2. The quantitative estimate of drug-likeness (QED) is 0.162. The molecule has 0 aliphatic carbocycles. The zero-order valence-electron chi connectivity index (χ0n) is 29.2. The second-order valence-electron chi connectivity index (χ2n) is 13.3. The van der Waals surface area contributed by atoms with Crippen LogP contribution in [0.5, 0.6) is 0 Å². The summed E-state index contributed by atoms with van der Waals surface area (Å²) in [6.45, 7) is 0. The third-order valence-corrected chi connectivity index (χ3v) is 18.3. The molecule has 12 aromatic rings. The first-order valence-electron chi connectivity index (χ1n) is 17.5. The number of nitrogens with zero attached hydrogens (tertiary/aromatic N) is 1. The first kappa shape index (κ1) is 35.6. The summed E-state index contributed by atoms with van der Waals surface area (Å²) in [6.07, 6.45) is 0. The molecule has 256 valence electrons. The van der Waals surface area contributed by atoms with Gasteiger partial charge in [-0.25, -0.2) is 0 Å². The molecule has 4 aromatic carbocycles. The summed E-state index contributed by atoms with van der Waals surface area (Å²) in [4.78, 5) is 18.5. The minimum Gasteiger partial charge on any atom is -0.656 e. The minimum absolute atomic E-state index is 0. The van der Waals surface area contributed by atoms with Crippen molar-refractivity contribution in [2.45, 2.75) is 0 Å². The third-order valence-electron chi connectivity index (χ3n) is 10.1. The van der Waals surface area contributed by atoms with Gasteiger partial charge in [-0.05, 0) is 110 Å². The van der Waals surface area contributed by atoms with Gasteiger partial charge in [-0.15, -0.1) is 90.4 Å². The molecule has 0 unspecified atom stereocenters. The van der Waals surface area contributed by atoms with Gasteiger partial charge in [0.1, 0.15) is 0 Å². The smallest absolute Gasteiger partial charge is 0.656 e. The van der Waals surface area contributed by atoms with Gasteiger partial charge in [0.25, 0.3) is 0 Å². The summed E-state index contributed by atoms with van der Waals surface area (Å²) in [7, 11) is 0. The Labute approximate surface area is 403 Å². The molecule has 8 heterocycles. The van der Waals surface area contributed by atoms with Crippen molar-refractivity contribution in [1.82, 2.24) is 4.98 Å². The average Bonchev–Trinajstić information content (AvgIpc) is 4.06. The van der Waals surface area contributed by atoms with E-state index in [4.69, 9.17) is 4.98 Å². The number of hydrogen-bond donors (Lipinski definition) is 0. The Hall–Kier alpha value is -2.59. The monoisotopic (exact) mass is 947 g/mol. The van der Waals surface area contributed by atoms with Crippen LogP contribution < -0.4 is 73.9 Å². The van der Waals surface area contributed by atoms with Crippen molar-refractivity contribution >= 4 is 132 Å². The van der Waals surface area contributed by atoms with E-state index in [0.29, 0.717) is 0 Å². The van der Waals surface area contributed by atoms with E-state index in [-0.39, 0.29) is 68.9 Å². The Bertz CT molecular complexity index is 3120. The average molecular weight is 948 g/mol. The molecule has 0 bridgehead atoms. The van der Waals surface area contributed by atoms with Crippen LogP contribution in [-0.2, 0) is 0 Å². The second-order valence-corrected chi connectivity index (χ2v) is 20.5. The maximum atomic E-state index is 5.30. The van der Waals surface area contributed by atoms with Crippen molar-refractivity contribution in [3.63, 3.8) is 0 Å². The summed E-state index contributed by atoms with van der Waals surface area (Å²) in [6, 6.07) is 49.8. The zero-order chi connectivity index (χ0) is 35.3. The van der Waals surface area contributed by atoms with E-state index in [9.17, 15) is 0 Å². The van der Waals surface area contributed by atoms with Gasteiger partial charge >= 0.3 is 68.9 Å². The van der Waals surface area contributed by atoms with E-state index in [2.05, 4.69) is 144 Å². The van der Waals surface area contributed by atoms with E-state index in [1.165, 1.54) is 102 Å². The van der Waals surface area contributed by atoms with Crippen LogP contribution in [0.15, 0.2) is 144 Å². The maximum absolute atomic E-state index is 5.30. The molecule has 9 heteroatoms. The Balaban J connectivity index is 0.00000352. The topological polar surface area (TPSA) is 14.1 Å². The van der Waals surface area contributed by atoms with Gasteiger partial charge in [-0.2, -0.15) is 0 Å². The van der Waals surface area contributed by atoms with Crippen LogP contribution in [-0.4, -0.2) is 0 Å². The molecule has 0 N–H and O–H groups in total. The normalized spacial score (nSPS) is 11.9. The van der Waals surface area contributed by atoms with Crippen LogP contribution in [0.1, 0.15) is 0 Å². The Kier molecular flexibility index (Phi) is 9.28. The first-order valence-corrected chi connectivity index (χ1v) is 23.3. The van der Waals surface area contributed by atoms with Gasteiger partial charge in [0.15, 0.2) is 0 Å². The third kappa shape index (κ3) is 6.10. The molecule has 1 nitrogen and oxygen atoms in total. The van der Waals surface area contributed by atoms with E-state index in [1.54, 1.807) is 22.7 Å². The molecule has 0 aliphatic rings. The molecule has 0 atom stereocenters. The fraction of sp³-hybridized carbons (Fsp3) is 0. The summed E-state index contributed by atoms with van der Waals surface area (Å²) >= 11 is 13.0. The van der Waals surface area contributed by atoms with E-state index in [0.717, 1.165) is 11.0 Å². The molecule has 0 saturated heterocycles. The van der Waals surface area contributed by atoms with Crippen LogP contribution in [0, 0.1) is 0 Å². The van der Waals surface area contributed by atoms with Crippen molar-refractivity contribution in [1.29, 1.82) is 0 Å². The number of benzene rings is 4. The molecule has 0 spiro atoms. The van der Waals surface area contributed by atoms with Crippen molar-refractivity contribution in [3.05, 3.63) is 144 Å². The predicted octanol–water partition coefficient (Wildman–Crippen LogP) is 13.8. The number of hydrogen-bond acceptors (Lipinski definition) is 7. The van der Waals surface area contributed by atoms with Gasteiger partial charge in [-0.1, -0.05) is 66.7 Å². The number of thiophene rings is 7. The van der Waals surface area contributed by atoms with E-state index < -0.39 is 0 Å². The van der Waals surface area contributed by atoms with E-state index >= 15 is 0 Å². The van der Waals surface area contributed by atoms with Crippen LogP contribution in [0.2, 0.25) is 0 Å². The van der Waals surface area contributed by atoms with Crippen LogP contribution in [0.4, 0.5) is 0 Å². The summed E-state index contributed by atoms with van der Waals surface area (Å²) in [5.41, 5.74) is 4.65. The van der Waals surface area contributed by atoms with Crippen molar-refractivity contribution < 1.29 is 68.9 Å². The number of fused-ring (bicyclic) bond motifs is 9. The standard InChI is InChI=1S/C46H24NS7.Cs/c1-3-36(48-21-1)38-17-19-42(52-38)40-15-13-34(50-40)25-5-7-27-29-9-12-32-30(45(29)47-33(27)23-25)10-11-31-28-8-6-26(24-44(28)54-46(31)32)35-14-16-41(51-35)43-20-18-39(53-43)37-4-2-22-49-37;/h1-24H;/q-1;+1. The summed E-state index contributed by atoms with van der Waals surface area (Å²) < 4.78 is 2.66. The molecule has 12 rings (SSSR count). The molecule has 8 aromatic heterocycles. The van der Waals surface area contributed by atoms with Gasteiger partial charge in [0, 0.05) is 68.9 Å². The molecule has 0 amide bonds. The van der Waals surface area contributed by atoms with Crippen LogP contribution in [0.25, 0.3) is 113 Å². The van der Waals surface area contributed by atoms with E-state index in [1.807, 2.05) is 56.7 Å². The Morgan fingerprint density at radius 2 is 0.782 bits per heavy atom. The second kappa shape index (κ2) is 14.4. The molecular weight excluding hydrogens is 924 g/mol. The van der Waals surface area contributed by atoms with Gasteiger partial charge in [0.05, 0.1) is 0 Å². The molecule has 55 heavy (non-hydrogen) atoms.